The third-order valence-corrected chi connectivity index (χ3v) is 5.52. The first kappa shape index (κ1) is 15.1. The minimum absolute atomic E-state index is 0.0738. The largest absolute Gasteiger partial charge is 0.454 e. The number of benzene rings is 1. The van der Waals surface area contributed by atoms with Crippen LogP contribution in [0.25, 0.3) is 10.8 Å². The summed E-state index contributed by atoms with van der Waals surface area (Å²) in [6.07, 6.45) is 0. The van der Waals surface area contributed by atoms with Gasteiger partial charge < -0.3 is 13.9 Å². The van der Waals surface area contributed by atoms with E-state index < -0.39 is 10.0 Å². The first-order chi connectivity index (χ1) is 11.6. The molecule has 10 heteroatoms. The Balaban J connectivity index is 1.49. The van der Waals surface area contributed by atoms with Crippen molar-refractivity contribution in [1.82, 2.24) is 14.9 Å². The summed E-state index contributed by atoms with van der Waals surface area (Å²) in [5.41, 5.74) is 0. The van der Waals surface area contributed by atoms with Crippen LogP contribution in [-0.4, -0.2) is 25.4 Å². The van der Waals surface area contributed by atoms with E-state index in [2.05, 4.69) is 14.9 Å². The predicted octanol–water partition coefficient (Wildman–Crippen LogP) is 2.01. The summed E-state index contributed by atoms with van der Waals surface area (Å²) < 4.78 is 42.9. The zero-order valence-corrected chi connectivity index (χ0v) is 13.8. The van der Waals surface area contributed by atoms with E-state index in [1.165, 1.54) is 23.5 Å². The van der Waals surface area contributed by atoms with E-state index in [-0.39, 0.29) is 24.1 Å². The van der Waals surface area contributed by atoms with Gasteiger partial charge in [0.2, 0.25) is 22.7 Å². The molecule has 0 saturated heterocycles. The topological polar surface area (TPSA) is 104 Å². The lowest BCUT2D eigenvalue weighted by Crippen LogP contribution is -2.23. The summed E-state index contributed by atoms with van der Waals surface area (Å²) >= 11 is 1.46. The molecule has 8 nitrogen and oxygen atoms in total. The van der Waals surface area contributed by atoms with Crippen molar-refractivity contribution < 1.29 is 22.3 Å². The van der Waals surface area contributed by atoms with Gasteiger partial charge >= 0.3 is 0 Å². The van der Waals surface area contributed by atoms with Crippen LogP contribution < -0.4 is 14.2 Å². The van der Waals surface area contributed by atoms with Gasteiger partial charge in [-0.1, -0.05) is 6.07 Å². The predicted molar refractivity (Wildman–Crippen MR) is 84.2 cm³/mol. The zero-order valence-electron chi connectivity index (χ0n) is 12.1. The maximum atomic E-state index is 12.3. The monoisotopic (exact) mass is 365 g/mol. The quantitative estimate of drug-likeness (QED) is 0.737. The molecule has 0 atom stereocenters. The van der Waals surface area contributed by atoms with E-state index in [0.29, 0.717) is 17.4 Å². The lowest BCUT2D eigenvalue weighted by Gasteiger charge is -2.05. The highest BCUT2D eigenvalue weighted by Crippen LogP contribution is 2.33. The van der Waals surface area contributed by atoms with E-state index in [1.54, 1.807) is 6.07 Å². The summed E-state index contributed by atoms with van der Waals surface area (Å²) in [6, 6.07) is 8.12. The third kappa shape index (κ3) is 2.86. The van der Waals surface area contributed by atoms with Crippen LogP contribution in [0.3, 0.4) is 0 Å². The molecule has 0 saturated carbocycles. The fourth-order valence-electron chi connectivity index (χ4n) is 2.11. The molecule has 2 aromatic heterocycles. The summed E-state index contributed by atoms with van der Waals surface area (Å²) in [5, 5.41) is 9.64. The molecule has 1 N–H and O–H groups in total. The molecule has 0 radical (unpaired) electrons. The van der Waals surface area contributed by atoms with Gasteiger partial charge in [-0.15, -0.1) is 21.5 Å². The van der Waals surface area contributed by atoms with Gasteiger partial charge in [-0.05, 0) is 23.6 Å². The van der Waals surface area contributed by atoms with Gasteiger partial charge in [-0.3, -0.25) is 0 Å². The molecule has 1 aliphatic rings. The van der Waals surface area contributed by atoms with Crippen LogP contribution in [0.2, 0.25) is 0 Å². The second-order valence-corrected chi connectivity index (χ2v) is 7.53. The zero-order chi connectivity index (χ0) is 16.6. The lowest BCUT2D eigenvalue weighted by molar-refractivity contribution is 0.174. The van der Waals surface area contributed by atoms with Crippen LogP contribution in [0.15, 0.2) is 45.0 Å². The molecular weight excluding hydrogens is 354 g/mol. The normalized spacial score (nSPS) is 13.3. The van der Waals surface area contributed by atoms with Gasteiger partial charge in [-0.25, -0.2) is 13.1 Å². The lowest BCUT2D eigenvalue weighted by atomic mass is 10.3. The average Bonchev–Trinajstić information content (AvgIpc) is 3.32. The number of rotatable bonds is 5. The Kier molecular flexibility index (Phi) is 3.71. The Morgan fingerprint density at radius 2 is 2.04 bits per heavy atom. The fourth-order valence-corrected chi connectivity index (χ4v) is 3.74. The van der Waals surface area contributed by atoms with Crippen LogP contribution >= 0.6 is 11.3 Å². The molecule has 0 aliphatic carbocycles. The number of ether oxygens (including phenoxy) is 2. The van der Waals surface area contributed by atoms with Crippen molar-refractivity contribution >= 4 is 21.4 Å². The first-order valence-corrected chi connectivity index (χ1v) is 9.24. The highest BCUT2D eigenvalue weighted by molar-refractivity contribution is 7.89. The summed E-state index contributed by atoms with van der Waals surface area (Å²) in [4.78, 5) is 0.900. The van der Waals surface area contributed by atoms with Gasteiger partial charge in [0.15, 0.2) is 11.5 Å². The molecule has 3 aromatic rings. The highest BCUT2D eigenvalue weighted by atomic mass is 32.2. The van der Waals surface area contributed by atoms with Gasteiger partial charge in [-0.2, -0.15) is 0 Å². The van der Waals surface area contributed by atoms with Crippen LogP contribution in [0.4, 0.5) is 0 Å². The highest BCUT2D eigenvalue weighted by Gasteiger charge is 2.21. The molecule has 3 heterocycles. The van der Waals surface area contributed by atoms with Crippen LogP contribution in [0.1, 0.15) is 5.89 Å². The minimum Gasteiger partial charge on any atom is -0.454 e. The van der Waals surface area contributed by atoms with E-state index in [9.17, 15) is 8.42 Å². The molecule has 0 amide bonds. The summed E-state index contributed by atoms with van der Waals surface area (Å²) in [6.45, 7) is -0.0190. The molecule has 0 unspecified atom stereocenters. The fraction of sp³-hybridized carbons (Fsp3) is 0.143. The van der Waals surface area contributed by atoms with E-state index in [0.717, 1.165) is 4.88 Å². The number of thiophene rings is 1. The van der Waals surface area contributed by atoms with Crippen LogP contribution in [0, 0.1) is 0 Å². The molecule has 1 aliphatic heterocycles. The van der Waals surface area contributed by atoms with Gasteiger partial charge in [0.05, 0.1) is 16.3 Å². The second-order valence-electron chi connectivity index (χ2n) is 4.82. The Morgan fingerprint density at radius 1 is 1.17 bits per heavy atom. The third-order valence-electron chi connectivity index (χ3n) is 3.27. The number of nitrogens with zero attached hydrogens (tertiary/aromatic N) is 2. The van der Waals surface area contributed by atoms with Crippen molar-refractivity contribution in [3.05, 3.63) is 41.6 Å². The Bertz CT molecular complexity index is 966. The van der Waals surface area contributed by atoms with Crippen molar-refractivity contribution in [2.24, 2.45) is 0 Å². The van der Waals surface area contributed by atoms with Gasteiger partial charge in [0, 0.05) is 6.07 Å². The number of sulfonamides is 1. The van der Waals surface area contributed by atoms with Crippen molar-refractivity contribution in [2.75, 3.05) is 6.79 Å². The SMILES string of the molecule is O=S(=O)(NCc1nnc(-c2cccs2)o1)c1ccc2c(c1)OCO2. The second kappa shape index (κ2) is 5.89. The Morgan fingerprint density at radius 3 is 2.88 bits per heavy atom. The maximum absolute atomic E-state index is 12.3. The van der Waals surface area contributed by atoms with E-state index in [1.807, 2.05) is 17.5 Å². The van der Waals surface area contributed by atoms with E-state index >= 15 is 0 Å². The van der Waals surface area contributed by atoms with Crippen molar-refractivity contribution in [2.45, 2.75) is 11.4 Å². The molecule has 0 fully saturated rings. The number of nitrogens with one attached hydrogen (secondary N) is 1. The minimum atomic E-state index is -3.74. The molecule has 1 aromatic carbocycles. The van der Waals surface area contributed by atoms with Crippen LogP contribution in [0.5, 0.6) is 11.5 Å². The molecule has 24 heavy (non-hydrogen) atoms. The number of fused-ring (bicyclic) bond motifs is 1. The maximum Gasteiger partial charge on any atom is 0.257 e. The van der Waals surface area contributed by atoms with Gasteiger partial charge in [0.1, 0.15) is 0 Å². The number of hydrogen-bond acceptors (Lipinski definition) is 8. The summed E-state index contributed by atoms with van der Waals surface area (Å²) in [7, 11) is -3.74. The van der Waals surface area contributed by atoms with Crippen molar-refractivity contribution in [3.63, 3.8) is 0 Å². The van der Waals surface area contributed by atoms with Gasteiger partial charge in [0.25, 0.3) is 5.89 Å². The Hall–Kier alpha value is -2.43. The number of hydrogen-bond donors (Lipinski definition) is 1. The summed E-state index contributed by atoms with van der Waals surface area (Å²) in [5.74, 6) is 1.46. The standard InChI is InChI=1S/C14H11N3O5S2/c18-24(19,9-3-4-10-11(6-9)21-8-20-10)15-7-13-16-17-14(22-13)12-2-1-5-23-12/h1-6,15H,7-8H2. The first-order valence-electron chi connectivity index (χ1n) is 6.87. The van der Waals surface area contributed by atoms with Crippen LogP contribution in [-0.2, 0) is 16.6 Å². The molecule has 124 valence electrons. The molecule has 0 spiro atoms. The average molecular weight is 365 g/mol. The molecule has 0 bridgehead atoms. The number of aromatic nitrogens is 2. The Labute approximate surface area is 141 Å². The molecular formula is C14H11N3O5S2. The van der Waals surface area contributed by atoms with E-state index in [4.69, 9.17) is 13.9 Å². The van der Waals surface area contributed by atoms with Crippen molar-refractivity contribution in [3.8, 4) is 22.3 Å². The molecule has 4 rings (SSSR count). The smallest absolute Gasteiger partial charge is 0.257 e. The van der Waals surface area contributed by atoms with Crippen molar-refractivity contribution in [1.29, 1.82) is 0 Å².